The lowest BCUT2D eigenvalue weighted by molar-refractivity contribution is -0.141. The number of nitrogens with zero attached hydrogens (tertiary/aromatic N) is 1. The van der Waals surface area contributed by atoms with E-state index in [2.05, 4.69) is 19.2 Å². The van der Waals surface area contributed by atoms with Crippen LogP contribution in [0.25, 0.3) is 0 Å². The van der Waals surface area contributed by atoms with E-state index < -0.39 is 0 Å². The van der Waals surface area contributed by atoms with E-state index in [9.17, 15) is 9.59 Å². The molecule has 1 heterocycles. The van der Waals surface area contributed by atoms with E-state index in [1.165, 1.54) is 4.90 Å². The number of hydrogen-bond acceptors (Lipinski definition) is 4. The first-order valence-corrected chi connectivity index (χ1v) is 7.64. The maximum Gasteiger partial charge on any atom is 0.247 e. The van der Waals surface area contributed by atoms with Gasteiger partial charge in [0, 0.05) is 19.3 Å². The van der Waals surface area contributed by atoms with Crippen molar-refractivity contribution in [2.75, 3.05) is 19.8 Å². The number of nitrogens with one attached hydrogen (secondary N) is 1. The lowest BCUT2D eigenvalue weighted by Gasteiger charge is -2.21. The number of carbonyl (C=O) groups is 2. The van der Waals surface area contributed by atoms with Gasteiger partial charge in [0.25, 0.3) is 0 Å². The molecule has 1 aliphatic rings. The minimum atomic E-state index is -0.346. The number of amides is 2. The molecule has 1 fully saturated rings. The molecule has 2 atom stereocenters. The van der Waals surface area contributed by atoms with Crippen LogP contribution in [0.15, 0.2) is 0 Å². The van der Waals surface area contributed by atoms with Crippen LogP contribution in [-0.4, -0.2) is 48.6 Å². The Morgan fingerprint density at radius 2 is 2.05 bits per heavy atom. The van der Waals surface area contributed by atoms with Gasteiger partial charge in [-0.2, -0.15) is 0 Å². The molecule has 0 spiro atoms. The SMILES string of the molecule is CCC(C)N1C(=O)CC(NCCCOCC(C)C)C1=O. The van der Waals surface area contributed by atoms with Crippen LogP contribution in [0.3, 0.4) is 0 Å². The highest BCUT2D eigenvalue weighted by atomic mass is 16.5. The summed E-state index contributed by atoms with van der Waals surface area (Å²) in [6.45, 7) is 10.3. The smallest absolute Gasteiger partial charge is 0.247 e. The fourth-order valence-corrected chi connectivity index (χ4v) is 2.23. The van der Waals surface area contributed by atoms with Crippen molar-refractivity contribution >= 4 is 11.8 Å². The quantitative estimate of drug-likeness (QED) is 0.516. The largest absolute Gasteiger partial charge is 0.381 e. The third-order valence-corrected chi connectivity index (χ3v) is 3.52. The lowest BCUT2D eigenvalue weighted by atomic mass is 10.2. The van der Waals surface area contributed by atoms with Crippen molar-refractivity contribution in [2.24, 2.45) is 5.92 Å². The molecule has 116 valence electrons. The number of carbonyl (C=O) groups excluding carboxylic acids is 2. The topological polar surface area (TPSA) is 58.6 Å². The van der Waals surface area contributed by atoms with Gasteiger partial charge < -0.3 is 10.1 Å². The van der Waals surface area contributed by atoms with Crippen LogP contribution < -0.4 is 5.32 Å². The summed E-state index contributed by atoms with van der Waals surface area (Å²) in [7, 11) is 0. The Hall–Kier alpha value is -0.940. The molecule has 2 unspecified atom stereocenters. The van der Waals surface area contributed by atoms with Crippen molar-refractivity contribution in [1.82, 2.24) is 10.2 Å². The number of rotatable bonds is 9. The Bertz CT molecular complexity index is 331. The van der Waals surface area contributed by atoms with E-state index in [0.29, 0.717) is 19.1 Å². The highest BCUT2D eigenvalue weighted by Crippen LogP contribution is 2.17. The van der Waals surface area contributed by atoms with Crippen LogP contribution in [0.4, 0.5) is 0 Å². The summed E-state index contributed by atoms with van der Waals surface area (Å²) in [4.78, 5) is 25.4. The third-order valence-electron chi connectivity index (χ3n) is 3.52. The van der Waals surface area contributed by atoms with Crippen LogP contribution in [-0.2, 0) is 14.3 Å². The molecule has 0 bridgehead atoms. The van der Waals surface area contributed by atoms with E-state index in [0.717, 1.165) is 19.4 Å². The van der Waals surface area contributed by atoms with E-state index in [1.807, 2.05) is 13.8 Å². The molecule has 0 aromatic rings. The maximum atomic E-state index is 12.1. The average Bonchev–Trinajstić information content (AvgIpc) is 2.67. The van der Waals surface area contributed by atoms with E-state index in [1.54, 1.807) is 0 Å². The van der Waals surface area contributed by atoms with Crippen molar-refractivity contribution in [3.05, 3.63) is 0 Å². The second-order valence-electron chi connectivity index (χ2n) is 5.89. The van der Waals surface area contributed by atoms with Crippen molar-refractivity contribution < 1.29 is 14.3 Å². The average molecular weight is 284 g/mol. The summed E-state index contributed by atoms with van der Waals surface area (Å²) in [5.41, 5.74) is 0. The van der Waals surface area contributed by atoms with Crippen LogP contribution >= 0.6 is 0 Å². The van der Waals surface area contributed by atoms with Gasteiger partial charge in [-0.3, -0.25) is 14.5 Å². The minimum absolute atomic E-state index is 0.00354. The second kappa shape index (κ2) is 8.37. The Balaban J connectivity index is 2.25. The summed E-state index contributed by atoms with van der Waals surface area (Å²) >= 11 is 0. The zero-order valence-corrected chi connectivity index (χ0v) is 13.1. The second-order valence-corrected chi connectivity index (χ2v) is 5.89. The van der Waals surface area contributed by atoms with Crippen molar-refractivity contribution in [2.45, 2.75) is 59.0 Å². The molecule has 5 heteroatoms. The minimum Gasteiger partial charge on any atom is -0.381 e. The van der Waals surface area contributed by atoms with Gasteiger partial charge in [-0.25, -0.2) is 0 Å². The molecular formula is C15H28N2O3. The molecule has 5 nitrogen and oxygen atoms in total. The normalized spacial score (nSPS) is 21.1. The Labute approximate surface area is 122 Å². The van der Waals surface area contributed by atoms with E-state index in [4.69, 9.17) is 4.74 Å². The first-order valence-electron chi connectivity index (χ1n) is 7.64. The van der Waals surface area contributed by atoms with Crippen LogP contribution in [0.5, 0.6) is 0 Å². The van der Waals surface area contributed by atoms with E-state index >= 15 is 0 Å². The van der Waals surface area contributed by atoms with Crippen LogP contribution in [0.2, 0.25) is 0 Å². The Morgan fingerprint density at radius 1 is 1.35 bits per heavy atom. The molecule has 2 amide bonds. The van der Waals surface area contributed by atoms with Gasteiger partial charge in [-0.1, -0.05) is 20.8 Å². The van der Waals surface area contributed by atoms with Crippen molar-refractivity contribution in [3.63, 3.8) is 0 Å². The summed E-state index contributed by atoms with van der Waals surface area (Å²) in [5, 5.41) is 3.17. The van der Waals surface area contributed by atoms with Gasteiger partial charge in [0.15, 0.2) is 0 Å². The highest BCUT2D eigenvalue weighted by Gasteiger charge is 2.39. The number of hydrogen-bond donors (Lipinski definition) is 1. The van der Waals surface area contributed by atoms with Gasteiger partial charge in [-0.15, -0.1) is 0 Å². The highest BCUT2D eigenvalue weighted by molar-refractivity contribution is 6.05. The lowest BCUT2D eigenvalue weighted by Crippen LogP contribution is -2.43. The van der Waals surface area contributed by atoms with Crippen LogP contribution in [0, 0.1) is 5.92 Å². The molecule has 0 aromatic carbocycles. The monoisotopic (exact) mass is 284 g/mol. The summed E-state index contributed by atoms with van der Waals surface area (Å²) in [6.07, 6.45) is 1.94. The zero-order valence-electron chi connectivity index (χ0n) is 13.1. The van der Waals surface area contributed by atoms with Crippen molar-refractivity contribution in [3.8, 4) is 0 Å². The van der Waals surface area contributed by atoms with Gasteiger partial charge in [-0.05, 0) is 32.2 Å². The van der Waals surface area contributed by atoms with Crippen molar-refractivity contribution in [1.29, 1.82) is 0 Å². The van der Waals surface area contributed by atoms with Gasteiger partial charge >= 0.3 is 0 Å². The van der Waals surface area contributed by atoms with Crippen LogP contribution in [0.1, 0.15) is 47.0 Å². The third kappa shape index (κ3) is 4.87. The fourth-order valence-electron chi connectivity index (χ4n) is 2.23. The Kier molecular flexibility index (Phi) is 7.16. The molecule has 1 rings (SSSR count). The molecule has 0 saturated carbocycles. The predicted molar refractivity (Wildman–Crippen MR) is 78.3 cm³/mol. The molecule has 1 N–H and O–H groups in total. The molecular weight excluding hydrogens is 256 g/mol. The maximum absolute atomic E-state index is 12.1. The first-order chi connectivity index (χ1) is 9.47. The fraction of sp³-hybridized carbons (Fsp3) is 0.867. The summed E-state index contributed by atoms with van der Waals surface area (Å²) in [6, 6.07) is -0.349. The molecule has 1 saturated heterocycles. The predicted octanol–water partition coefficient (Wildman–Crippen LogP) is 1.56. The summed E-state index contributed by atoms with van der Waals surface area (Å²) in [5.74, 6) is 0.409. The standard InChI is InChI=1S/C15H28N2O3/c1-5-12(4)17-14(18)9-13(15(17)19)16-7-6-8-20-10-11(2)3/h11-13,16H,5-10H2,1-4H3. The number of likely N-dealkylation sites (tertiary alicyclic amines) is 1. The van der Waals surface area contributed by atoms with E-state index in [-0.39, 0.29) is 30.3 Å². The molecule has 1 aliphatic heterocycles. The molecule has 0 radical (unpaired) electrons. The first kappa shape index (κ1) is 17.1. The van der Waals surface area contributed by atoms with Gasteiger partial charge in [0.1, 0.15) is 0 Å². The Morgan fingerprint density at radius 3 is 2.65 bits per heavy atom. The molecule has 0 aliphatic carbocycles. The van der Waals surface area contributed by atoms with Gasteiger partial charge in [0.05, 0.1) is 12.5 Å². The number of imide groups is 1. The molecule has 0 aromatic heterocycles. The zero-order chi connectivity index (χ0) is 15.1. The summed E-state index contributed by atoms with van der Waals surface area (Å²) < 4.78 is 5.48. The number of ether oxygens (including phenoxy) is 1. The molecule has 20 heavy (non-hydrogen) atoms. The van der Waals surface area contributed by atoms with Gasteiger partial charge in [0.2, 0.25) is 11.8 Å².